The minimum Gasteiger partial charge on any atom is -0.369 e. The van der Waals surface area contributed by atoms with Crippen LogP contribution in [-0.2, 0) is 21.1 Å². The van der Waals surface area contributed by atoms with Crippen LogP contribution in [0.4, 0.5) is 14.9 Å². The van der Waals surface area contributed by atoms with Crippen LogP contribution in [0.3, 0.4) is 0 Å². The number of halogens is 1. The van der Waals surface area contributed by atoms with Gasteiger partial charge < -0.3 is 15.0 Å². The van der Waals surface area contributed by atoms with Crippen molar-refractivity contribution in [3.8, 4) is 0 Å². The molecular weight excluding hydrogens is 375 g/mol. The van der Waals surface area contributed by atoms with Crippen LogP contribution in [0.5, 0.6) is 0 Å². The zero-order valence-electron chi connectivity index (χ0n) is 14.4. The lowest BCUT2D eigenvalue weighted by Crippen LogP contribution is -2.71. The molecule has 27 heavy (non-hydrogen) atoms. The van der Waals surface area contributed by atoms with Gasteiger partial charge in [-0.05, 0) is 18.2 Å². The van der Waals surface area contributed by atoms with Gasteiger partial charge in [0, 0.05) is 12.4 Å². The molecule has 144 valence electrons. The molecule has 1 N–H and O–H groups in total. The first-order chi connectivity index (χ1) is 12.9. The van der Waals surface area contributed by atoms with Gasteiger partial charge in [-0.15, -0.1) is 0 Å². The summed E-state index contributed by atoms with van der Waals surface area (Å²) in [7, 11) is -3.39. The lowest BCUT2D eigenvalue weighted by atomic mass is 9.96. The van der Waals surface area contributed by atoms with Gasteiger partial charge in [0.1, 0.15) is 16.7 Å². The highest BCUT2D eigenvalue weighted by Gasteiger charge is 2.54. The molecule has 0 bridgehead atoms. The van der Waals surface area contributed by atoms with E-state index in [4.69, 9.17) is 4.74 Å². The number of likely N-dealkylation sites (tertiary alicyclic amines) is 1. The van der Waals surface area contributed by atoms with Crippen LogP contribution in [-0.4, -0.2) is 65.4 Å². The topological polar surface area (TPSA) is 93.5 Å². The highest BCUT2D eigenvalue weighted by Crippen LogP contribution is 2.33. The van der Waals surface area contributed by atoms with Crippen molar-refractivity contribution in [2.24, 2.45) is 0 Å². The molecule has 2 amide bonds. The second-order valence-electron chi connectivity index (χ2n) is 6.92. The summed E-state index contributed by atoms with van der Waals surface area (Å²) in [6.45, 7) is 0.607. The number of hydrogen-bond acceptors (Lipinski definition) is 5. The number of benzene rings is 1. The van der Waals surface area contributed by atoms with Crippen molar-refractivity contribution in [3.05, 3.63) is 48.5 Å². The van der Waals surface area contributed by atoms with Gasteiger partial charge in [0.25, 0.3) is 0 Å². The Balaban J connectivity index is 1.36. The van der Waals surface area contributed by atoms with Crippen molar-refractivity contribution in [1.29, 1.82) is 0 Å². The molecule has 3 heterocycles. The number of carbonyl (C=O) groups excluding carboxylic acids is 1. The van der Waals surface area contributed by atoms with Crippen LogP contribution < -0.4 is 5.32 Å². The molecule has 2 saturated heterocycles. The number of rotatable bonds is 3. The predicted octanol–water partition coefficient (Wildman–Crippen LogP) is 1.12. The molecule has 2 aliphatic heterocycles. The van der Waals surface area contributed by atoms with Gasteiger partial charge in [-0.3, -0.25) is 4.68 Å². The van der Waals surface area contributed by atoms with Crippen molar-refractivity contribution in [1.82, 2.24) is 14.7 Å². The average Bonchev–Trinajstić information content (AvgIpc) is 3.09. The number of carbonyl (C=O) groups is 1. The Hall–Kier alpha value is -2.46. The van der Waals surface area contributed by atoms with E-state index in [1.807, 2.05) is 0 Å². The van der Waals surface area contributed by atoms with Gasteiger partial charge in [-0.2, -0.15) is 5.10 Å². The minimum absolute atomic E-state index is 0.0605. The Labute approximate surface area is 155 Å². The van der Waals surface area contributed by atoms with Crippen molar-refractivity contribution >= 4 is 21.6 Å². The van der Waals surface area contributed by atoms with Crippen LogP contribution in [0.25, 0.3) is 0 Å². The van der Waals surface area contributed by atoms with E-state index in [2.05, 4.69) is 10.4 Å². The van der Waals surface area contributed by atoms with E-state index in [1.54, 1.807) is 29.2 Å². The van der Waals surface area contributed by atoms with Crippen LogP contribution in [0, 0.1) is 5.82 Å². The van der Waals surface area contributed by atoms with Gasteiger partial charge >= 0.3 is 6.03 Å². The number of amides is 2. The van der Waals surface area contributed by atoms with E-state index in [1.165, 1.54) is 23.1 Å². The Kier molecular flexibility index (Phi) is 4.39. The first-order valence-corrected chi connectivity index (χ1v) is 10.2. The molecular formula is C17H19FN4O4S. The molecule has 0 aliphatic carbocycles. The van der Waals surface area contributed by atoms with E-state index in [-0.39, 0.29) is 37.7 Å². The van der Waals surface area contributed by atoms with Crippen LogP contribution >= 0.6 is 0 Å². The van der Waals surface area contributed by atoms with Crippen molar-refractivity contribution in [2.45, 2.75) is 17.4 Å². The molecule has 8 nitrogen and oxygen atoms in total. The third-order valence-electron chi connectivity index (χ3n) is 4.86. The number of nitrogens with one attached hydrogen (secondary N) is 1. The quantitative estimate of drug-likeness (QED) is 0.842. The number of ether oxygens (including phenoxy) is 1. The largest absolute Gasteiger partial charge is 0.369 e. The highest BCUT2D eigenvalue weighted by atomic mass is 32.2. The number of aromatic nitrogens is 2. The summed E-state index contributed by atoms with van der Waals surface area (Å²) in [5, 5.41) is 5.86. The number of hydrogen-bond donors (Lipinski definition) is 1. The zero-order valence-corrected chi connectivity index (χ0v) is 15.2. The summed E-state index contributed by atoms with van der Waals surface area (Å²) in [6, 6.07) is 7.12. The maximum atomic E-state index is 13.6. The molecule has 0 unspecified atom stereocenters. The molecule has 0 radical (unpaired) electrons. The number of anilines is 1. The monoisotopic (exact) mass is 394 g/mol. The fraction of sp³-hybridized carbons (Fsp3) is 0.412. The molecule has 2 aliphatic rings. The summed E-state index contributed by atoms with van der Waals surface area (Å²) in [4.78, 5) is 13.7. The first kappa shape index (κ1) is 17.9. The molecule has 0 saturated carbocycles. The summed E-state index contributed by atoms with van der Waals surface area (Å²) < 4.78 is 46.3. The number of para-hydroxylation sites is 1. The molecule has 1 spiro atoms. The standard InChI is InChI=1S/C17H19FN4O4S/c18-14-4-1-2-5-15(14)20-16(23)21-10-17(11-21)12-27(24,25)13(9-26-17)8-22-7-3-6-19-22/h1-7,13H,8-12H2,(H,20,23)/t13-/m0/s1. The van der Waals surface area contributed by atoms with Gasteiger partial charge in [0.2, 0.25) is 0 Å². The predicted molar refractivity (Wildman–Crippen MR) is 95.5 cm³/mol. The van der Waals surface area contributed by atoms with Gasteiger partial charge in [-0.1, -0.05) is 12.1 Å². The highest BCUT2D eigenvalue weighted by molar-refractivity contribution is 7.92. The summed E-state index contributed by atoms with van der Waals surface area (Å²) in [6.07, 6.45) is 3.30. The van der Waals surface area contributed by atoms with E-state index >= 15 is 0 Å². The Morgan fingerprint density at radius 3 is 2.78 bits per heavy atom. The van der Waals surface area contributed by atoms with Crippen molar-refractivity contribution in [3.63, 3.8) is 0 Å². The first-order valence-electron chi connectivity index (χ1n) is 8.50. The van der Waals surface area contributed by atoms with Gasteiger partial charge in [-0.25, -0.2) is 17.6 Å². The maximum Gasteiger partial charge on any atom is 0.322 e. The van der Waals surface area contributed by atoms with Gasteiger partial charge in [0.05, 0.1) is 37.7 Å². The van der Waals surface area contributed by atoms with Crippen molar-refractivity contribution < 1.29 is 22.3 Å². The normalized spacial score (nSPS) is 23.0. The minimum atomic E-state index is -3.39. The molecule has 2 aromatic rings. The second kappa shape index (κ2) is 6.61. The molecule has 2 fully saturated rings. The molecule has 1 atom stereocenters. The van der Waals surface area contributed by atoms with Crippen LogP contribution in [0.1, 0.15) is 0 Å². The third-order valence-corrected chi connectivity index (χ3v) is 7.09. The SMILES string of the molecule is O=C(Nc1ccccc1F)N1CC2(C1)CS(=O)(=O)[C@@H](Cn1cccn1)CO2. The Bertz CT molecular complexity index is 942. The van der Waals surface area contributed by atoms with Gasteiger partial charge in [0.15, 0.2) is 9.84 Å². The summed E-state index contributed by atoms with van der Waals surface area (Å²) in [5.41, 5.74) is -0.800. The smallest absolute Gasteiger partial charge is 0.322 e. The molecule has 1 aromatic heterocycles. The van der Waals surface area contributed by atoms with Crippen LogP contribution in [0.2, 0.25) is 0 Å². The zero-order chi connectivity index (χ0) is 19.1. The Morgan fingerprint density at radius 1 is 1.33 bits per heavy atom. The third kappa shape index (κ3) is 3.54. The molecule has 4 rings (SSSR count). The van der Waals surface area contributed by atoms with Crippen LogP contribution in [0.15, 0.2) is 42.7 Å². The number of urea groups is 1. The number of nitrogens with zero attached hydrogens (tertiary/aromatic N) is 3. The second-order valence-corrected chi connectivity index (χ2v) is 9.20. The average molecular weight is 394 g/mol. The number of sulfone groups is 1. The lowest BCUT2D eigenvalue weighted by molar-refractivity contribution is -0.117. The summed E-state index contributed by atoms with van der Waals surface area (Å²) >= 11 is 0. The van der Waals surface area contributed by atoms with E-state index in [0.717, 1.165) is 0 Å². The fourth-order valence-electron chi connectivity index (χ4n) is 3.42. The van der Waals surface area contributed by atoms with E-state index in [0.29, 0.717) is 0 Å². The fourth-order valence-corrected chi connectivity index (χ4v) is 5.31. The summed E-state index contributed by atoms with van der Waals surface area (Å²) in [5.74, 6) is -0.672. The molecule has 10 heteroatoms. The van der Waals surface area contributed by atoms with Crippen molar-refractivity contribution in [2.75, 3.05) is 30.8 Å². The maximum absolute atomic E-state index is 13.6. The molecule has 1 aromatic carbocycles. The van der Waals surface area contributed by atoms with E-state index < -0.39 is 32.5 Å². The Morgan fingerprint density at radius 2 is 2.11 bits per heavy atom. The van der Waals surface area contributed by atoms with E-state index in [9.17, 15) is 17.6 Å². The lowest BCUT2D eigenvalue weighted by Gasteiger charge is -2.51.